The molecule has 1 saturated carbocycles. The largest absolute Gasteiger partial charge is 0.491 e. The average Bonchev–Trinajstić information content (AvgIpc) is 3.22. The third-order valence-corrected chi connectivity index (χ3v) is 3.83. The summed E-state index contributed by atoms with van der Waals surface area (Å²) in [4.78, 5) is 23.3. The molecule has 0 unspecified atom stereocenters. The topological polar surface area (TPSA) is 73.9 Å². The van der Waals surface area contributed by atoms with Crippen molar-refractivity contribution in [1.29, 1.82) is 0 Å². The first-order valence-corrected chi connectivity index (χ1v) is 8.01. The Labute approximate surface area is 135 Å². The van der Waals surface area contributed by atoms with Crippen molar-refractivity contribution in [3.05, 3.63) is 29.8 Å². The van der Waals surface area contributed by atoms with Crippen LogP contribution in [0.4, 0.5) is 0 Å². The number of hydrogen-bond donors (Lipinski definition) is 1. The third kappa shape index (κ3) is 4.96. The van der Waals surface area contributed by atoms with Gasteiger partial charge in [0, 0.05) is 12.6 Å². The van der Waals surface area contributed by atoms with E-state index < -0.39 is 5.97 Å². The van der Waals surface area contributed by atoms with E-state index in [0.717, 1.165) is 32.3 Å². The summed E-state index contributed by atoms with van der Waals surface area (Å²) in [5, 5.41) is 2.77. The number of hydrogen-bond acceptors (Lipinski definition) is 5. The summed E-state index contributed by atoms with van der Waals surface area (Å²) < 4.78 is 16.1. The summed E-state index contributed by atoms with van der Waals surface area (Å²) in [7, 11) is 0. The van der Waals surface area contributed by atoms with Crippen LogP contribution in [0.5, 0.6) is 5.75 Å². The van der Waals surface area contributed by atoms with Crippen molar-refractivity contribution in [2.75, 3.05) is 19.8 Å². The first kappa shape index (κ1) is 15.8. The molecule has 1 saturated heterocycles. The smallest absolute Gasteiger partial charge is 0.338 e. The van der Waals surface area contributed by atoms with Crippen molar-refractivity contribution in [1.82, 2.24) is 5.32 Å². The molecule has 2 aliphatic rings. The number of esters is 1. The molecule has 2 fully saturated rings. The van der Waals surface area contributed by atoms with E-state index >= 15 is 0 Å². The lowest BCUT2D eigenvalue weighted by Crippen LogP contribution is -2.30. The maximum Gasteiger partial charge on any atom is 0.338 e. The summed E-state index contributed by atoms with van der Waals surface area (Å²) >= 11 is 0. The minimum Gasteiger partial charge on any atom is -0.491 e. The monoisotopic (exact) mass is 319 g/mol. The first-order valence-electron chi connectivity index (χ1n) is 8.01. The van der Waals surface area contributed by atoms with Gasteiger partial charge in [-0.2, -0.15) is 0 Å². The molecule has 1 atom stereocenters. The Bertz CT molecular complexity index is 547. The molecular weight excluding hydrogens is 298 g/mol. The molecule has 6 nitrogen and oxygen atoms in total. The minimum absolute atomic E-state index is 0.157. The summed E-state index contributed by atoms with van der Waals surface area (Å²) in [5.41, 5.74) is 0.397. The zero-order chi connectivity index (χ0) is 16.1. The van der Waals surface area contributed by atoms with Gasteiger partial charge in [0.05, 0.1) is 11.7 Å². The number of ether oxygens (including phenoxy) is 3. The van der Waals surface area contributed by atoms with E-state index in [-0.39, 0.29) is 24.7 Å². The van der Waals surface area contributed by atoms with Gasteiger partial charge in [0.1, 0.15) is 12.4 Å². The van der Waals surface area contributed by atoms with Crippen molar-refractivity contribution < 1.29 is 23.8 Å². The van der Waals surface area contributed by atoms with Crippen LogP contribution in [0.15, 0.2) is 24.3 Å². The minimum atomic E-state index is -0.512. The second kappa shape index (κ2) is 7.46. The van der Waals surface area contributed by atoms with E-state index in [2.05, 4.69) is 5.32 Å². The van der Waals surface area contributed by atoms with Crippen molar-refractivity contribution in [3.63, 3.8) is 0 Å². The van der Waals surface area contributed by atoms with Gasteiger partial charge in [0.2, 0.25) is 0 Å². The molecule has 1 aromatic carbocycles. The standard InChI is InChI=1S/C17H21NO5/c19-16(18-13-5-6-13)11-23-17(20)12-3-7-14(8-4-12)22-10-15-2-1-9-21-15/h3-4,7-8,13,15H,1-2,5-6,9-11H2,(H,18,19)/t15-/m1/s1. The molecule has 0 spiro atoms. The highest BCUT2D eigenvalue weighted by molar-refractivity contribution is 5.91. The fourth-order valence-corrected chi connectivity index (χ4v) is 2.36. The van der Waals surface area contributed by atoms with Crippen LogP contribution in [0.3, 0.4) is 0 Å². The maximum atomic E-state index is 11.9. The van der Waals surface area contributed by atoms with Gasteiger partial charge >= 0.3 is 5.97 Å². The van der Waals surface area contributed by atoms with Crippen LogP contribution < -0.4 is 10.1 Å². The molecule has 0 aromatic heterocycles. The third-order valence-electron chi connectivity index (χ3n) is 3.83. The summed E-state index contributed by atoms with van der Waals surface area (Å²) in [6.45, 7) is 1.07. The van der Waals surface area contributed by atoms with Gasteiger partial charge < -0.3 is 19.5 Å². The molecule has 1 amide bonds. The SMILES string of the molecule is O=C(COC(=O)c1ccc(OC[C@H]2CCCO2)cc1)NC1CC1. The van der Waals surface area contributed by atoms with E-state index in [9.17, 15) is 9.59 Å². The maximum absolute atomic E-state index is 11.9. The number of nitrogens with one attached hydrogen (secondary N) is 1. The van der Waals surface area contributed by atoms with E-state index in [1.54, 1.807) is 24.3 Å². The van der Waals surface area contributed by atoms with Gasteiger partial charge in [0.25, 0.3) is 5.91 Å². The number of carbonyl (C=O) groups is 2. The highest BCUT2D eigenvalue weighted by atomic mass is 16.5. The zero-order valence-electron chi connectivity index (χ0n) is 13.0. The Balaban J connectivity index is 1.41. The lowest BCUT2D eigenvalue weighted by atomic mass is 10.2. The van der Waals surface area contributed by atoms with E-state index in [1.165, 1.54) is 0 Å². The molecule has 3 rings (SSSR count). The van der Waals surface area contributed by atoms with Crippen LogP contribution in [0.25, 0.3) is 0 Å². The van der Waals surface area contributed by atoms with Crippen LogP contribution in [0.2, 0.25) is 0 Å². The van der Waals surface area contributed by atoms with Crippen molar-refractivity contribution in [3.8, 4) is 5.75 Å². The first-order chi connectivity index (χ1) is 11.2. The molecule has 6 heteroatoms. The summed E-state index contributed by atoms with van der Waals surface area (Å²) in [5.74, 6) is -0.0810. The molecule has 1 aromatic rings. The summed E-state index contributed by atoms with van der Waals surface area (Å²) in [6.07, 6.45) is 4.27. The van der Waals surface area contributed by atoms with E-state index in [4.69, 9.17) is 14.2 Å². The van der Waals surface area contributed by atoms with Crippen LogP contribution in [0.1, 0.15) is 36.0 Å². The predicted molar refractivity (Wildman–Crippen MR) is 82.4 cm³/mol. The molecule has 1 heterocycles. The fourth-order valence-electron chi connectivity index (χ4n) is 2.36. The highest BCUT2D eigenvalue weighted by Crippen LogP contribution is 2.19. The molecule has 1 aliphatic carbocycles. The van der Waals surface area contributed by atoms with E-state index in [0.29, 0.717) is 17.9 Å². The Morgan fingerprint density at radius 3 is 2.61 bits per heavy atom. The fraction of sp³-hybridized carbons (Fsp3) is 0.529. The van der Waals surface area contributed by atoms with Crippen LogP contribution in [-0.2, 0) is 14.3 Å². The number of amides is 1. The van der Waals surface area contributed by atoms with Gasteiger partial charge in [-0.3, -0.25) is 4.79 Å². The van der Waals surface area contributed by atoms with Gasteiger partial charge in [-0.15, -0.1) is 0 Å². The molecule has 23 heavy (non-hydrogen) atoms. The molecule has 0 bridgehead atoms. The lowest BCUT2D eigenvalue weighted by Gasteiger charge is -2.11. The predicted octanol–water partition coefficient (Wildman–Crippen LogP) is 1.68. The second-order valence-corrected chi connectivity index (χ2v) is 5.89. The van der Waals surface area contributed by atoms with Gasteiger partial charge in [-0.1, -0.05) is 0 Å². The normalized spacial score (nSPS) is 20.1. The Morgan fingerprint density at radius 2 is 1.96 bits per heavy atom. The molecule has 124 valence electrons. The second-order valence-electron chi connectivity index (χ2n) is 5.89. The van der Waals surface area contributed by atoms with Crippen molar-refractivity contribution in [2.45, 2.75) is 37.8 Å². The van der Waals surface area contributed by atoms with E-state index in [1.807, 2.05) is 0 Å². The van der Waals surface area contributed by atoms with Gasteiger partial charge in [-0.25, -0.2) is 4.79 Å². The van der Waals surface area contributed by atoms with Crippen molar-refractivity contribution >= 4 is 11.9 Å². The van der Waals surface area contributed by atoms with Crippen molar-refractivity contribution in [2.24, 2.45) is 0 Å². The Hall–Kier alpha value is -2.08. The van der Waals surface area contributed by atoms with Crippen LogP contribution >= 0.6 is 0 Å². The van der Waals surface area contributed by atoms with Gasteiger partial charge in [0.15, 0.2) is 6.61 Å². The molecule has 0 radical (unpaired) electrons. The average molecular weight is 319 g/mol. The highest BCUT2D eigenvalue weighted by Gasteiger charge is 2.23. The molecular formula is C17H21NO5. The Kier molecular flexibility index (Phi) is 5.12. The Morgan fingerprint density at radius 1 is 1.17 bits per heavy atom. The van der Waals surface area contributed by atoms with Gasteiger partial charge in [-0.05, 0) is 49.9 Å². The number of rotatable bonds is 7. The molecule has 1 aliphatic heterocycles. The number of benzene rings is 1. The van der Waals surface area contributed by atoms with Crippen LogP contribution in [-0.4, -0.2) is 43.8 Å². The quantitative estimate of drug-likeness (QED) is 0.774. The lowest BCUT2D eigenvalue weighted by molar-refractivity contribution is -0.124. The number of carbonyl (C=O) groups excluding carboxylic acids is 2. The summed E-state index contributed by atoms with van der Waals surface area (Å²) in [6, 6.07) is 6.96. The molecule has 1 N–H and O–H groups in total. The zero-order valence-corrected chi connectivity index (χ0v) is 13.0. The van der Waals surface area contributed by atoms with Crippen LogP contribution in [0, 0.1) is 0 Å².